The van der Waals surface area contributed by atoms with Gasteiger partial charge < -0.3 is 9.80 Å². The molecule has 0 atom stereocenters. The van der Waals surface area contributed by atoms with Crippen LogP contribution < -0.4 is 4.90 Å². The predicted molar refractivity (Wildman–Crippen MR) is 118 cm³/mol. The summed E-state index contributed by atoms with van der Waals surface area (Å²) in [5.74, 6) is 0.890. The fraction of sp³-hybridized carbons (Fsp3) is 0.182. The Kier molecular flexibility index (Phi) is 4.80. The highest BCUT2D eigenvalue weighted by Gasteiger charge is 2.23. The number of halogens is 1. The molecule has 1 aliphatic rings. The van der Waals surface area contributed by atoms with Crippen molar-refractivity contribution in [3.63, 3.8) is 0 Å². The molecule has 1 aliphatic heterocycles. The number of hydrogen-bond donors (Lipinski definition) is 0. The lowest BCUT2D eigenvalue weighted by molar-refractivity contribution is -0.126. The molecule has 0 spiro atoms. The summed E-state index contributed by atoms with van der Waals surface area (Å²) in [5, 5.41) is 15.6. The maximum Gasteiger partial charge on any atom is 0.246 e. The van der Waals surface area contributed by atoms with Gasteiger partial charge in [-0.1, -0.05) is 48.0 Å². The molecule has 2 aromatic carbocycles. The number of benzene rings is 2. The summed E-state index contributed by atoms with van der Waals surface area (Å²) in [5.41, 5.74) is 1.65. The highest BCUT2D eigenvalue weighted by atomic mass is 35.5. The monoisotopic (exact) mass is 418 g/mol. The van der Waals surface area contributed by atoms with Crippen LogP contribution in [-0.2, 0) is 4.79 Å². The van der Waals surface area contributed by atoms with Gasteiger partial charge in [-0.2, -0.15) is 4.52 Å². The van der Waals surface area contributed by atoms with Crippen LogP contribution in [0, 0.1) is 0 Å². The third kappa shape index (κ3) is 3.48. The quantitative estimate of drug-likeness (QED) is 0.477. The first-order chi connectivity index (χ1) is 14.7. The zero-order valence-corrected chi connectivity index (χ0v) is 16.9. The largest absolute Gasteiger partial charge is 0.351 e. The van der Waals surface area contributed by atoms with E-state index in [0.29, 0.717) is 31.2 Å². The average molecular weight is 419 g/mol. The zero-order valence-electron chi connectivity index (χ0n) is 16.1. The van der Waals surface area contributed by atoms with Crippen molar-refractivity contribution in [2.24, 2.45) is 0 Å². The maximum absolute atomic E-state index is 12.6. The molecule has 0 aliphatic carbocycles. The minimum Gasteiger partial charge on any atom is -0.351 e. The van der Waals surface area contributed by atoms with Crippen molar-refractivity contribution in [2.75, 3.05) is 31.1 Å². The van der Waals surface area contributed by atoms with E-state index in [4.69, 9.17) is 16.7 Å². The van der Waals surface area contributed by atoms with E-state index in [2.05, 4.69) is 21.2 Å². The van der Waals surface area contributed by atoms with Gasteiger partial charge in [0.15, 0.2) is 11.5 Å². The van der Waals surface area contributed by atoms with Crippen LogP contribution in [0.1, 0.15) is 5.56 Å². The molecule has 4 aromatic rings. The van der Waals surface area contributed by atoms with Gasteiger partial charge in [-0.15, -0.1) is 15.3 Å². The van der Waals surface area contributed by atoms with Crippen LogP contribution in [0.25, 0.3) is 22.5 Å². The number of piperazine rings is 1. The van der Waals surface area contributed by atoms with Crippen LogP contribution in [0.3, 0.4) is 0 Å². The Morgan fingerprint density at radius 2 is 1.80 bits per heavy atom. The van der Waals surface area contributed by atoms with Crippen molar-refractivity contribution in [2.45, 2.75) is 0 Å². The van der Waals surface area contributed by atoms with Gasteiger partial charge in [0.25, 0.3) is 0 Å². The Hall–Kier alpha value is -3.45. The summed E-state index contributed by atoms with van der Waals surface area (Å²) >= 11 is 6.00. The van der Waals surface area contributed by atoms with Crippen molar-refractivity contribution in [1.29, 1.82) is 0 Å². The molecule has 2 aromatic heterocycles. The van der Waals surface area contributed by atoms with E-state index in [1.165, 1.54) is 0 Å². The van der Waals surface area contributed by atoms with Crippen LogP contribution in [0.4, 0.5) is 5.82 Å². The number of rotatable bonds is 3. The Morgan fingerprint density at radius 1 is 1.00 bits per heavy atom. The topological polar surface area (TPSA) is 66.6 Å². The van der Waals surface area contributed by atoms with Crippen LogP contribution in [0.15, 0.2) is 60.9 Å². The summed E-state index contributed by atoms with van der Waals surface area (Å²) < 4.78 is 1.71. The standard InChI is InChI=1S/C22H19ClN6O/c23-17-5-3-4-16(14-17)8-9-20(30)27-10-12-28(13-11-27)22-19-7-2-1-6-18(19)21-25-24-15-29(21)26-22/h1-9,14-15H,10-13H2/b9-8+. The Morgan fingerprint density at radius 3 is 2.60 bits per heavy atom. The lowest BCUT2D eigenvalue weighted by Crippen LogP contribution is -2.48. The smallest absolute Gasteiger partial charge is 0.246 e. The minimum atomic E-state index is 0.00158. The third-order valence-electron chi connectivity index (χ3n) is 5.30. The van der Waals surface area contributed by atoms with Gasteiger partial charge in [0, 0.05) is 48.1 Å². The number of nitrogens with zero attached hydrogens (tertiary/aromatic N) is 6. The molecule has 3 heterocycles. The second kappa shape index (κ2) is 7.76. The van der Waals surface area contributed by atoms with E-state index < -0.39 is 0 Å². The fourth-order valence-corrected chi connectivity index (χ4v) is 3.96. The number of fused-ring (bicyclic) bond motifs is 3. The van der Waals surface area contributed by atoms with Crippen molar-refractivity contribution in [1.82, 2.24) is 24.7 Å². The summed E-state index contributed by atoms with van der Waals surface area (Å²) in [6.45, 7) is 2.69. The number of carbonyl (C=O) groups excluding carboxylic acids is 1. The molecule has 1 saturated heterocycles. The highest BCUT2D eigenvalue weighted by Crippen LogP contribution is 2.27. The van der Waals surface area contributed by atoms with E-state index in [1.807, 2.05) is 47.4 Å². The van der Waals surface area contributed by atoms with E-state index in [9.17, 15) is 4.79 Å². The fourth-order valence-electron chi connectivity index (χ4n) is 3.76. The van der Waals surface area contributed by atoms with Crippen molar-refractivity contribution in [3.05, 3.63) is 71.5 Å². The molecule has 0 N–H and O–H groups in total. The van der Waals surface area contributed by atoms with Crippen molar-refractivity contribution >= 4 is 45.8 Å². The molecular formula is C22H19ClN6O. The van der Waals surface area contributed by atoms with Gasteiger partial charge in [-0.3, -0.25) is 4.79 Å². The molecule has 8 heteroatoms. The van der Waals surface area contributed by atoms with Crippen molar-refractivity contribution < 1.29 is 4.79 Å². The summed E-state index contributed by atoms with van der Waals surface area (Å²) in [6, 6.07) is 15.5. The molecule has 0 unspecified atom stereocenters. The Bertz CT molecular complexity index is 1260. The van der Waals surface area contributed by atoms with Crippen LogP contribution in [-0.4, -0.2) is 56.8 Å². The summed E-state index contributed by atoms with van der Waals surface area (Å²) in [4.78, 5) is 16.7. The van der Waals surface area contributed by atoms with Gasteiger partial charge in [-0.25, -0.2) is 0 Å². The van der Waals surface area contributed by atoms with Gasteiger partial charge in [0.05, 0.1) is 0 Å². The number of anilines is 1. The van der Waals surface area contributed by atoms with Crippen LogP contribution >= 0.6 is 11.6 Å². The average Bonchev–Trinajstić information content (AvgIpc) is 3.26. The SMILES string of the molecule is O=C(/C=C/c1cccc(Cl)c1)N1CCN(c2nn3cnnc3c3ccccc23)CC1. The van der Waals surface area contributed by atoms with E-state index in [-0.39, 0.29) is 5.91 Å². The molecule has 0 bridgehead atoms. The molecule has 0 radical (unpaired) electrons. The molecule has 30 heavy (non-hydrogen) atoms. The zero-order chi connectivity index (χ0) is 20.5. The molecule has 1 fully saturated rings. The lowest BCUT2D eigenvalue weighted by atomic mass is 10.1. The maximum atomic E-state index is 12.6. The lowest BCUT2D eigenvalue weighted by Gasteiger charge is -2.35. The predicted octanol–water partition coefficient (Wildman–Crippen LogP) is 3.29. The van der Waals surface area contributed by atoms with Crippen LogP contribution in [0.2, 0.25) is 5.02 Å². The first-order valence-electron chi connectivity index (χ1n) is 9.75. The molecule has 7 nitrogen and oxygen atoms in total. The normalized spacial score (nSPS) is 14.8. The Balaban J connectivity index is 1.33. The summed E-state index contributed by atoms with van der Waals surface area (Å²) in [6.07, 6.45) is 5.03. The highest BCUT2D eigenvalue weighted by molar-refractivity contribution is 6.30. The molecular weight excluding hydrogens is 400 g/mol. The van der Waals surface area contributed by atoms with E-state index >= 15 is 0 Å². The molecule has 0 saturated carbocycles. The Labute approximate surface area is 178 Å². The molecule has 1 amide bonds. The van der Waals surface area contributed by atoms with Gasteiger partial charge in [0.2, 0.25) is 5.91 Å². The third-order valence-corrected chi connectivity index (χ3v) is 5.53. The van der Waals surface area contributed by atoms with Crippen LogP contribution in [0.5, 0.6) is 0 Å². The summed E-state index contributed by atoms with van der Waals surface area (Å²) in [7, 11) is 0. The second-order valence-electron chi connectivity index (χ2n) is 7.17. The second-order valence-corrected chi connectivity index (χ2v) is 7.61. The van der Waals surface area contributed by atoms with Crippen molar-refractivity contribution in [3.8, 4) is 0 Å². The van der Waals surface area contributed by atoms with E-state index in [1.54, 1.807) is 23.0 Å². The number of carbonyl (C=O) groups is 1. The minimum absolute atomic E-state index is 0.00158. The van der Waals surface area contributed by atoms with Gasteiger partial charge >= 0.3 is 0 Å². The first kappa shape index (κ1) is 18.6. The molecule has 150 valence electrons. The number of hydrogen-bond acceptors (Lipinski definition) is 5. The molecule has 5 rings (SSSR count). The van der Waals surface area contributed by atoms with Gasteiger partial charge in [-0.05, 0) is 23.8 Å². The first-order valence-corrected chi connectivity index (χ1v) is 10.1. The van der Waals surface area contributed by atoms with E-state index in [0.717, 1.165) is 27.8 Å². The number of aromatic nitrogens is 4. The number of amides is 1. The van der Waals surface area contributed by atoms with Gasteiger partial charge in [0.1, 0.15) is 6.33 Å².